The van der Waals surface area contributed by atoms with Crippen LogP contribution in [-0.2, 0) is 0 Å². The molecule has 3 heteroatoms. The SMILES string of the molecule is [B]c1cc(C)nc(C)n1. The Morgan fingerprint density at radius 3 is 2.44 bits per heavy atom. The molecule has 1 rings (SSSR count). The summed E-state index contributed by atoms with van der Waals surface area (Å²) in [5.74, 6) is 0.729. The molecule has 0 amide bonds. The lowest BCUT2D eigenvalue weighted by Gasteiger charge is -1.95. The van der Waals surface area contributed by atoms with Crippen molar-refractivity contribution < 1.29 is 0 Å². The van der Waals surface area contributed by atoms with Crippen molar-refractivity contribution in [3.05, 3.63) is 17.6 Å². The van der Waals surface area contributed by atoms with Crippen molar-refractivity contribution in [2.45, 2.75) is 13.8 Å². The molecule has 0 saturated heterocycles. The number of hydrogen-bond donors (Lipinski definition) is 0. The predicted molar refractivity (Wildman–Crippen MR) is 36.9 cm³/mol. The molecule has 0 spiro atoms. The molecule has 1 aromatic heterocycles. The number of aryl methyl sites for hydroxylation is 2. The van der Waals surface area contributed by atoms with Crippen LogP contribution >= 0.6 is 0 Å². The fourth-order valence-corrected chi connectivity index (χ4v) is 0.746. The van der Waals surface area contributed by atoms with Crippen LogP contribution in [0.3, 0.4) is 0 Å². The number of aromatic nitrogens is 2. The van der Waals surface area contributed by atoms with Crippen LogP contribution in [0.25, 0.3) is 0 Å². The summed E-state index contributed by atoms with van der Waals surface area (Å²) in [6.45, 7) is 3.72. The highest BCUT2D eigenvalue weighted by Gasteiger charge is 1.89. The molecule has 0 saturated carbocycles. The van der Waals surface area contributed by atoms with Gasteiger partial charge in [-0.25, -0.2) is 9.97 Å². The summed E-state index contributed by atoms with van der Waals surface area (Å²) in [6.07, 6.45) is 0. The van der Waals surface area contributed by atoms with E-state index >= 15 is 0 Å². The zero-order valence-electron chi connectivity index (χ0n) is 5.55. The van der Waals surface area contributed by atoms with Crippen LogP contribution < -0.4 is 5.59 Å². The van der Waals surface area contributed by atoms with Crippen LogP contribution in [0, 0.1) is 13.8 Å². The molecule has 2 radical (unpaired) electrons. The molecule has 0 aliphatic heterocycles. The van der Waals surface area contributed by atoms with Gasteiger partial charge in [0.2, 0.25) is 0 Å². The van der Waals surface area contributed by atoms with Gasteiger partial charge in [0.05, 0.1) is 0 Å². The second kappa shape index (κ2) is 2.17. The first kappa shape index (κ1) is 6.27. The normalized spacial score (nSPS) is 9.56. The van der Waals surface area contributed by atoms with Crippen molar-refractivity contribution in [3.8, 4) is 0 Å². The lowest BCUT2D eigenvalue weighted by molar-refractivity contribution is 1.03. The Kier molecular flexibility index (Phi) is 1.51. The van der Waals surface area contributed by atoms with Crippen molar-refractivity contribution in [2.75, 3.05) is 0 Å². The van der Waals surface area contributed by atoms with Crippen molar-refractivity contribution in [1.82, 2.24) is 9.97 Å². The predicted octanol–water partition coefficient (Wildman–Crippen LogP) is -0.113. The molecule has 0 fully saturated rings. The summed E-state index contributed by atoms with van der Waals surface area (Å²) >= 11 is 0. The Bertz CT molecular complexity index is 172. The van der Waals surface area contributed by atoms with Crippen LogP contribution in [0.15, 0.2) is 6.07 Å². The highest BCUT2D eigenvalue weighted by Crippen LogP contribution is 1.86. The minimum Gasteiger partial charge on any atom is -0.250 e. The minimum atomic E-state index is 0.542. The summed E-state index contributed by atoms with van der Waals surface area (Å²) in [4.78, 5) is 7.94. The molecule has 44 valence electrons. The second-order valence-electron chi connectivity index (χ2n) is 1.98. The Morgan fingerprint density at radius 2 is 2.00 bits per heavy atom. The lowest BCUT2D eigenvalue weighted by atomic mass is 10.0. The third-order valence-electron chi connectivity index (χ3n) is 0.986. The molecule has 0 aromatic carbocycles. The highest BCUT2D eigenvalue weighted by molar-refractivity contribution is 6.30. The summed E-state index contributed by atoms with van der Waals surface area (Å²) in [5.41, 5.74) is 1.46. The Balaban J connectivity index is 3.17. The first-order chi connectivity index (χ1) is 4.18. The molecule has 1 aromatic rings. The topological polar surface area (TPSA) is 25.8 Å². The molecule has 9 heavy (non-hydrogen) atoms. The maximum atomic E-state index is 5.41. The van der Waals surface area contributed by atoms with E-state index in [1.165, 1.54) is 0 Å². The summed E-state index contributed by atoms with van der Waals surface area (Å²) in [5, 5.41) is 0. The van der Waals surface area contributed by atoms with Gasteiger partial charge in [0, 0.05) is 5.69 Å². The molecule has 0 aliphatic rings. The Morgan fingerprint density at radius 1 is 1.33 bits per heavy atom. The first-order valence-corrected chi connectivity index (χ1v) is 2.76. The van der Waals surface area contributed by atoms with Gasteiger partial charge in [-0.15, -0.1) is 0 Å². The maximum Gasteiger partial charge on any atom is 0.141 e. The maximum absolute atomic E-state index is 5.41. The van der Waals surface area contributed by atoms with Crippen LogP contribution in [0.2, 0.25) is 0 Å². The molecule has 0 unspecified atom stereocenters. The smallest absolute Gasteiger partial charge is 0.141 e. The lowest BCUT2D eigenvalue weighted by Crippen LogP contribution is -2.11. The third kappa shape index (κ3) is 1.52. The van der Waals surface area contributed by atoms with E-state index in [9.17, 15) is 0 Å². The summed E-state index contributed by atoms with van der Waals surface area (Å²) < 4.78 is 0. The average molecular weight is 118 g/mol. The van der Waals surface area contributed by atoms with E-state index in [0.29, 0.717) is 5.59 Å². The monoisotopic (exact) mass is 118 g/mol. The summed E-state index contributed by atoms with van der Waals surface area (Å²) in [7, 11) is 5.41. The van der Waals surface area contributed by atoms with E-state index in [1.807, 2.05) is 13.8 Å². The van der Waals surface area contributed by atoms with Crippen LogP contribution in [0.5, 0.6) is 0 Å². The van der Waals surface area contributed by atoms with Gasteiger partial charge in [0.1, 0.15) is 13.7 Å². The average Bonchev–Trinajstić information content (AvgIpc) is 1.59. The van der Waals surface area contributed by atoms with Crippen LogP contribution in [-0.4, -0.2) is 17.8 Å². The Labute approximate surface area is 55.8 Å². The van der Waals surface area contributed by atoms with E-state index in [0.717, 1.165) is 11.5 Å². The molecule has 1 heterocycles. The number of hydrogen-bond acceptors (Lipinski definition) is 2. The van der Waals surface area contributed by atoms with Crippen LogP contribution in [0.4, 0.5) is 0 Å². The zero-order valence-corrected chi connectivity index (χ0v) is 5.55. The molecule has 0 aliphatic carbocycles. The third-order valence-corrected chi connectivity index (χ3v) is 0.986. The van der Waals surface area contributed by atoms with Gasteiger partial charge >= 0.3 is 0 Å². The van der Waals surface area contributed by atoms with Gasteiger partial charge in [0.25, 0.3) is 0 Å². The van der Waals surface area contributed by atoms with Crippen molar-refractivity contribution in [1.29, 1.82) is 0 Å². The van der Waals surface area contributed by atoms with Gasteiger partial charge < -0.3 is 0 Å². The van der Waals surface area contributed by atoms with E-state index in [2.05, 4.69) is 9.97 Å². The minimum absolute atomic E-state index is 0.542. The molecular formula is C6H7BN2. The fourth-order valence-electron chi connectivity index (χ4n) is 0.746. The van der Waals surface area contributed by atoms with E-state index in [4.69, 9.17) is 7.85 Å². The Hall–Kier alpha value is -0.855. The van der Waals surface area contributed by atoms with Gasteiger partial charge in [-0.1, -0.05) is 0 Å². The largest absolute Gasteiger partial charge is 0.250 e. The molecule has 0 atom stereocenters. The number of nitrogens with zero attached hydrogens (tertiary/aromatic N) is 2. The van der Waals surface area contributed by atoms with Crippen LogP contribution in [0.1, 0.15) is 11.5 Å². The fraction of sp³-hybridized carbons (Fsp3) is 0.333. The van der Waals surface area contributed by atoms with Gasteiger partial charge in [-0.3, -0.25) is 0 Å². The van der Waals surface area contributed by atoms with Crippen molar-refractivity contribution in [2.24, 2.45) is 0 Å². The first-order valence-electron chi connectivity index (χ1n) is 2.76. The quantitative estimate of drug-likeness (QED) is 0.444. The standard InChI is InChI=1S/C6H7BN2/c1-4-3-6(7)9-5(2)8-4/h3H,1-2H3. The second-order valence-corrected chi connectivity index (χ2v) is 1.98. The van der Waals surface area contributed by atoms with Gasteiger partial charge in [-0.2, -0.15) is 0 Å². The van der Waals surface area contributed by atoms with Crippen molar-refractivity contribution >= 4 is 13.4 Å². The highest BCUT2D eigenvalue weighted by atomic mass is 14.9. The summed E-state index contributed by atoms with van der Waals surface area (Å²) in [6, 6.07) is 1.74. The van der Waals surface area contributed by atoms with Gasteiger partial charge in [0.15, 0.2) is 0 Å². The van der Waals surface area contributed by atoms with Gasteiger partial charge in [-0.05, 0) is 25.5 Å². The molecule has 2 nitrogen and oxygen atoms in total. The molecule has 0 bridgehead atoms. The van der Waals surface area contributed by atoms with E-state index in [-0.39, 0.29) is 0 Å². The van der Waals surface area contributed by atoms with E-state index < -0.39 is 0 Å². The molecular weight excluding hydrogens is 111 g/mol. The molecule has 0 N–H and O–H groups in total. The number of rotatable bonds is 0. The zero-order chi connectivity index (χ0) is 6.85. The van der Waals surface area contributed by atoms with Crippen molar-refractivity contribution in [3.63, 3.8) is 0 Å². The van der Waals surface area contributed by atoms with E-state index in [1.54, 1.807) is 6.07 Å².